The van der Waals surface area contributed by atoms with E-state index in [1.54, 1.807) is 30.3 Å². The number of rotatable bonds is 6. The van der Waals surface area contributed by atoms with Crippen molar-refractivity contribution in [2.45, 2.75) is 31.7 Å². The molecule has 0 bridgehead atoms. The summed E-state index contributed by atoms with van der Waals surface area (Å²) in [6, 6.07) is 19.1. The highest BCUT2D eigenvalue weighted by atomic mass is 35.5. The molecule has 36 heavy (non-hydrogen) atoms. The fourth-order valence-electron chi connectivity index (χ4n) is 3.48. The van der Waals surface area contributed by atoms with Crippen LogP contribution >= 0.6 is 11.6 Å². The number of alkyl halides is 3. The van der Waals surface area contributed by atoms with Crippen LogP contribution in [0.3, 0.4) is 0 Å². The van der Waals surface area contributed by atoms with Crippen LogP contribution < -0.4 is 10.1 Å². The van der Waals surface area contributed by atoms with E-state index in [-0.39, 0.29) is 17.8 Å². The average molecular weight is 525 g/mol. The monoisotopic (exact) mass is 524 g/mol. The van der Waals surface area contributed by atoms with Gasteiger partial charge in [0.05, 0.1) is 11.3 Å². The number of ether oxygens (including phenoxy) is 1. The Hall–Kier alpha value is -3.50. The number of aliphatic carboxylic acids is 1. The molecule has 11 heteroatoms. The van der Waals surface area contributed by atoms with Crippen molar-refractivity contribution in [2.24, 2.45) is 0 Å². The molecule has 2 N–H and O–H groups in total. The van der Waals surface area contributed by atoms with Gasteiger partial charge in [0.1, 0.15) is 11.9 Å². The lowest BCUT2D eigenvalue weighted by Gasteiger charge is -2.32. The molecule has 1 aromatic heterocycles. The van der Waals surface area contributed by atoms with Crippen LogP contribution in [0.25, 0.3) is 0 Å². The number of anilines is 1. The van der Waals surface area contributed by atoms with E-state index in [0.717, 1.165) is 32.5 Å². The first-order chi connectivity index (χ1) is 17.1. The Bertz CT molecular complexity index is 1130. The molecular weight excluding hydrogens is 501 g/mol. The van der Waals surface area contributed by atoms with Gasteiger partial charge in [-0.25, -0.2) is 4.79 Å². The minimum atomic E-state index is -5.08. The molecule has 0 saturated carbocycles. The number of carboxylic acids is 1. The van der Waals surface area contributed by atoms with Gasteiger partial charge in [0.2, 0.25) is 0 Å². The molecule has 0 radical (unpaired) electrons. The molecule has 0 aliphatic carbocycles. The van der Waals surface area contributed by atoms with Crippen molar-refractivity contribution in [3.63, 3.8) is 0 Å². The molecule has 2 aromatic carbocycles. The summed E-state index contributed by atoms with van der Waals surface area (Å²) in [5.41, 5.74) is 1.93. The van der Waals surface area contributed by atoms with Gasteiger partial charge in [-0.3, -0.25) is 9.69 Å². The molecule has 0 spiro atoms. The Labute approximate surface area is 210 Å². The molecule has 192 valence electrons. The zero-order valence-electron chi connectivity index (χ0n) is 19.0. The van der Waals surface area contributed by atoms with E-state index >= 15 is 0 Å². The molecule has 4 rings (SSSR count). The Morgan fingerprint density at radius 3 is 2.31 bits per heavy atom. The molecular formula is C25H24ClF3N2O5. The predicted octanol–water partition coefficient (Wildman–Crippen LogP) is 5.86. The molecule has 0 unspecified atom stereocenters. The number of likely N-dealkylation sites (tertiary alicyclic amines) is 1. The summed E-state index contributed by atoms with van der Waals surface area (Å²) >= 11 is 6.38. The van der Waals surface area contributed by atoms with Gasteiger partial charge in [0.25, 0.3) is 5.91 Å². The third-order valence-electron chi connectivity index (χ3n) is 5.25. The minimum Gasteiger partial charge on any atom is -0.489 e. The molecule has 2 heterocycles. The van der Waals surface area contributed by atoms with Crippen LogP contribution in [-0.4, -0.2) is 47.3 Å². The van der Waals surface area contributed by atoms with Crippen molar-refractivity contribution in [3.8, 4) is 5.75 Å². The molecule has 1 aliphatic rings. The normalized spacial score (nSPS) is 14.4. The van der Waals surface area contributed by atoms with E-state index < -0.39 is 12.1 Å². The molecule has 0 atom stereocenters. The number of benzene rings is 2. The van der Waals surface area contributed by atoms with Crippen LogP contribution in [-0.2, 0) is 11.3 Å². The summed E-state index contributed by atoms with van der Waals surface area (Å²) in [5, 5.41) is 10.4. The standard InChI is InChI=1S/C23H23ClN2O3.C2HF3O2/c24-20-15-18(25-23(27)22-7-4-14-28-22)8-9-21(20)29-19-10-12-26(13-11-19)16-17-5-2-1-3-6-17;3-2(4,5)1(6)7/h1-9,14-15,19H,10-13,16H2,(H,25,27);(H,6,7). The van der Waals surface area contributed by atoms with Gasteiger partial charge >= 0.3 is 12.1 Å². The highest BCUT2D eigenvalue weighted by Gasteiger charge is 2.38. The molecule has 1 amide bonds. The van der Waals surface area contributed by atoms with Crippen molar-refractivity contribution < 1.29 is 37.0 Å². The van der Waals surface area contributed by atoms with E-state index in [1.165, 1.54) is 11.8 Å². The number of piperidine rings is 1. The Morgan fingerprint density at radius 1 is 1.08 bits per heavy atom. The van der Waals surface area contributed by atoms with Gasteiger partial charge in [-0.2, -0.15) is 13.2 Å². The fraction of sp³-hybridized carbons (Fsp3) is 0.280. The maximum Gasteiger partial charge on any atom is 0.490 e. The van der Waals surface area contributed by atoms with Gasteiger partial charge in [0, 0.05) is 25.3 Å². The highest BCUT2D eigenvalue weighted by molar-refractivity contribution is 6.32. The third kappa shape index (κ3) is 8.31. The lowest BCUT2D eigenvalue weighted by molar-refractivity contribution is -0.192. The van der Waals surface area contributed by atoms with Crippen LogP contribution in [0.2, 0.25) is 5.02 Å². The Morgan fingerprint density at radius 2 is 1.75 bits per heavy atom. The summed E-state index contributed by atoms with van der Waals surface area (Å²) in [6.07, 6.45) is -1.56. The summed E-state index contributed by atoms with van der Waals surface area (Å²) in [6.45, 7) is 2.96. The van der Waals surface area contributed by atoms with Crippen LogP contribution in [0, 0.1) is 0 Å². The van der Waals surface area contributed by atoms with Gasteiger partial charge in [-0.1, -0.05) is 41.9 Å². The van der Waals surface area contributed by atoms with Crippen molar-refractivity contribution >= 4 is 29.2 Å². The van der Waals surface area contributed by atoms with E-state index in [4.69, 9.17) is 30.7 Å². The number of nitrogens with one attached hydrogen (secondary N) is 1. The van der Waals surface area contributed by atoms with Gasteiger partial charge < -0.3 is 19.6 Å². The topological polar surface area (TPSA) is 92.0 Å². The number of hydrogen-bond donors (Lipinski definition) is 2. The van der Waals surface area contributed by atoms with Gasteiger partial charge in [-0.15, -0.1) is 0 Å². The summed E-state index contributed by atoms with van der Waals surface area (Å²) in [5.74, 6) is -2.18. The van der Waals surface area contributed by atoms with Crippen molar-refractivity contribution in [3.05, 3.63) is 83.3 Å². The first-order valence-electron chi connectivity index (χ1n) is 11.0. The molecule has 1 saturated heterocycles. The number of carbonyl (C=O) groups excluding carboxylic acids is 1. The average Bonchev–Trinajstić information content (AvgIpc) is 3.38. The van der Waals surface area contributed by atoms with Crippen LogP contribution in [0.1, 0.15) is 29.0 Å². The van der Waals surface area contributed by atoms with E-state index in [0.29, 0.717) is 16.5 Å². The Kier molecular flexibility index (Phi) is 9.38. The van der Waals surface area contributed by atoms with Crippen LogP contribution in [0.5, 0.6) is 5.75 Å². The SMILES string of the molecule is O=C(Nc1ccc(OC2CCN(Cc3ccccc3)CC2)c(Cl)c1)c1ccco1.O=C(O)C(F)(F)F. The molecule has 3 aromatic rings. The number of hydrogen-bond acceptors (Lipinski definition) is 5. The quantitative estimate of drug-likeness (QED) is 0.419. The van der Waals surface area contributed by atoms with Crippen molar-refractivity contribution in [1.82, 2.24) is 4.90 Å². The zero-order valence-corrected chi connectivity index (χ0v) is 19.8. The van der Waals surface area contributed by atoms with E-state index in [1.807, 2.05) is 6.07 Å². The second kappa shape index (κ2) is 12.5. The number of halogens is 4. The first kappa shape index (κ1) is 27.1. The van der Waals surface area contributed by atoms with Crippen molar-refractivity contribution in [2.75, 3.05) is 18.4 Å². The van der Waals surface area contributed by atoms with Crippen molar-refractivity contribution in [1.29, 1.82) is 0 Å². The lowest BCUT2D eigenvalue weighted by Crippen LogP contribution is -2.37. The van der Waals surface area contributed by atoms with Gasteiger partial charge in [0.15, 0.2) is 5.76 Å². The third-order valence-corrected chi connectivity index (χ3v) is 5.55. The minimum absolute atomic E-state index is 0.142. The molecule has 1 fully saturated rings. The largest absolute Gasteiger partial charge is 0.490 e. The second-order valence-electron chi connectivity index (χ2n) is 7.96. The number of amides is 1. The Balaban J connectivity index is 0.000000454. The number of nitrogens with zero attached hydrogens (tertiary/aromatic N) is 1. The van der Waals surface area contributed by atoms with Crippen LogP contribution in [0.4, 0.5) is 18.9 Å². The van der Waals surface area contributed by atoms with Gasteiger partial charge in [-0.05, 0) is 48.7 Å². The number of carboxylic acid groups (broad SMARTS) is 1. The summed E-state index contributed by atoms with van der Waals surface area (Å²) < 4.78 is 43.0. The predicted molar refractivity (Wildman–Crippen MR) is 127 cm³/mol. The number of furan rings is 1. The highest BCUT2D eigenvalue weighted by Crippen LogP contribution is 2.30. The maximum absolute atomic E-state index is 12.1. The molecule has 1 aliphatic heterocycles. The second-order valence-corrected chi connectivity index (χ2v) is 8.37. The number of carbonyl (C=O) groups is 2. The van der Waals surface area contributed by atoms with E-state index in [9.17, 15) is 18.0 Å². The maximum atomic E-state index is 12.1. The lowest BCUT2D eigenvalue weighted by atomic mass is 10.1. The molecule has 7 nitrogen and oxygen atoms in total. The van der Waals surface area contributed by atoms with Crippen LogP contribution in [0.15, 0.2) is 71.3 Å². The summed E-state index contributed by atoms with van der Waals surface area (Å²) in [7, 11) is 0. The zero-order chi connectivity index (χ0) is 26.1. The smallest absolute Gasteiger partial charge is 0.489 e. The first-order valence-corrected chi connectivity index (χ1v) is 11.4. The van der Waals surface area contributed by atoms with E-state index in [2.05, 4.69) is 34.5 Å². The summed E-state index contributed by atoms with van der Waals surface area (Å²) in [4.78, 5) is 23.4. The fourth-order valence-corrected chi connectivity index (χ4v) is 3.71.